The first-order valence-corrected chi connectivity index (χ1v) is 9.04. The van der Waals surface area contributed by atoms with Crippen molar-refractivity contribution in [3.05, 3.63) is 47.8 Å². The monoisotopic (exact) mass is 347 g/mol. The summed E-state index contributed by atoms with van der Waals surface area (Å²) < 4.78 is 6.29. The first-order valence-electron chi connectivity index (χ1n) is 9.04. The third-order valence-electron chi connectivity index (χ3n) is 4.64. The van der Waals surface area contributed by atoms with Crippen LogP contribution in [0.15, 0.2) is 36.4 Å². The van der Waals surface area contributed by atoms with Gasteiger partial charge in [0.2, 0.25) is 0 Å². The zero-order valence-corrected chi connectivity index (χ0v) is 16.3. The molecule has 0 radical (unpaired) electrons. The van der Waals surface area contributed by atoms with Crippen molar-refractivity contribution >= 4 is 22.4 Å². The molecule has 1 aliphatic rings. The highest BCUT2D eigenvalue weighted by molar-refractivity contribution is 5.97. The van der Waals surface area contributed by atoms with Crippen LogP contribution in [0.25, 0.3) is 11.0 Å². The maximum absolute atomic E-state index is 6.29. The largest absolute Gasteiger partial charge is 0.451 e. The fourth-order valence-electron chi connectivity index (χ4n) is 3.18. The van der Waals surface area contributed by atoms with Gasteiger partial charge in [-0.15, -0.1) is 0 Å². The van der Waals surface area contributed by atoms with Gasteiger partial charge in [0, 0.05) is 21.9 Å². The van der Waals surface area contributed by atoms with E-state index in [9.17, 15) is 0 Å². The van der Waals surface area contributed by atoms with Gasteiger partial charge in [-0.1, -0.05) is 53.7 Å². The predicted molar refractivity (Wildman–Crippen MR) is 107 cm³/mol. The maximum atomic E-state index is 6.29. The molecule has 4 heteroatoms. The molecule has 0 bridgehead atoms. The first-order chi connectivity index (χ1) is 12.1. The first kappa shape index (κ1) is 16.8. The van der Waals surface area contributed by atoms with E-state index in [1.807, 2.05) is 24.3 Å². The van der Waals surface area contributed by atoms with E-state index in [4.69, 9.17) is 14.7 Å². The number of hydrogen-bond donors (Lipinski definition) is 1. The quantitative estimate of drug-likeness (QED) is 0.419. The van der Waals surface area contributed by atoms with Gasteiger partial charge in [-0.2, -0.15) is 0 Å². The summed E-state index contributed by atoms with van der Waals surface area (Å²) >= 11 is 0. The lowest BCUT2D eigenvalue weighted by molar-refractivity contribution is 0.447. The van der Waals surface area contributed by atoms with Crippen LogP contribution in [-0.2, 0) is 10.8 Å². The maximum Gasteiger partial charge on any atom is 0.173 e. The van der Waals surface area contributed by atoms with Crippen molar-refractivity contribution in [3.63, 3.8) is 0 Å². The zero-order valence-electron chi connectivity index (χ0n) is 16.3. The van der Waals surface area contributed by atoms with Crippen LogP contribution in [0.2, 0.25) is 0 Å². The average Bonchev–Trinajstić information content (AvgIpc) is 2.57. The second-order valence-corrected chi connectivity index (χ2v) is 8.96. The lowest BCUT2D eigenvalue weighted by Crippen LogP contribution is -2.19. The Morgan fingerprint density at radius 3 is 2.27 bits per heavy atom. The van der Waals surface area contributed by atoms with Gasteiger partial charge in [0.1, 0.15) is 0 Å². The van der Waals surface area contributed by atoms with Gasteiger partial charge >= 0.3 is 0 Å². The summed E-state index contributed by atoms with van der Waals surface area (Å²) in [5.74, 6) is 1.62. The number of nitrogens with zero attached hydrogens (tertiary/aromatic N) is 2. The van der Waals surface area contributed by atoms with Crippen molar-refractivity contribution in [1.82, 2.24) is 9.97 Å². The van der Waals surface area contributed by atoms with E-state index in [0.29, 0.717) is 0 Å². The molecule has 0 saturated carbocycles. The van der Waals surface area contributed by atoms with Crippen molar-refractivity contribution in [2.24, 2.45) is 0 Å². The molecule has 1 N–H and O–H groups in total. The van der Waals surface area contributed by atoms with Crippen LogP contribution in [0.4, 0.5) is 11.4 Å². The molecule has 0 atom stereocenters. The molecule has 3 heterocycles. The lowest BCUT2D eigenvalue weighted by Gasteiger charge is -2.29. The van der Waals surface area contributed by atoms with Crippen molar-refractivity contribution in [3.8, 4) is 11.5 Å². The predicted octanol–water partition coefficient (Wildman–Crippen LogP) is 6.07. The summed E-state index contributed by atoms with van der Waals surface area (Å²) in [4.78, 5) is 9.81. The van der Waals surface area contributed by atoms with Gasteiger partial charge in [0.05, 0.1) is 17.1 Å². The summed E-state index contributed by atoms with van der Waals surface area (Å²) in [5, 5.41) is 4.53. The van der Waals surface area contributed by atoms with Crippen LogP contribution in [0, 0.1) is 0 Å². The molecule has 0 aliphatic carbocycles. The number of ether oxygens (including phenoxy) is 1. The van der Waals surface area contributed by atoms with Crippen molar-refractivity contribution < 1.29 is 4.74 Å². The van der Waals surface area contributed by atoms with Gasteiger partial charge in [0.15, 0.2) is 17.1 Å². The Hall–Kier alpha value is -2.62. The molecule has 1 aromatic carbocycles. The smallest absolute Gasteiger partial charge is 0.173 e. The lowest BCUT2D eigenvalue weighted by atomic mass is 9.89. The number of hydrogen-bond acceptors (Lipinski definition) is 4. The van der Waals surface area contributed by atoms with Crippen molar-refractivity contribution in [1.29, 1.82) is 0 Å². The summed E-state index contributed by atoms with van der Waals surface area (Å²) in [7, 11) is 0. The normalized spacial score (nSPS) is 13.6. The molecular weight excluding hydrogens is 322 g/mol. The topological polar surface area (TPSA) is 47.0 Å². The molecule has 0 amide bonds. The number of anilines is 2. The second kappa shape index (κ2) is 5.44. The molecule has 0 unspecified atom stereocenters. The van der Waals surface area contributed by atoms with Crippen LogP contribution in [0.3, 0.4) is 0 Å². The molecule has 26 heavy (non-hydrogen) atoms. The molecule has 4 nitrogen and oxygen atoms in total. The van der Waals surface area contributed by atoms with Gasteiger partial charge in [-0.3, -0.25) is 0 Å². The number of aromatic nitrogens is 2. The van der Waals surface area contributed by atoms with E-state index >= 15 is 0 Å². The minimum absolute atomic E-state index is 0.0236. The fraction of sp³-hybridized carbons (Fsp3) is 0.364. The van der Waals surface area contributed by atoms with Gasteiger partial charge < -0.3 is 10.1 Å². The van der Waals surface area contributed by atoms with Crippen LogP contribution >= 0.6 is 0 Å². The zero-order chi connectivity index (χ0) is 18.7. The number of para-hydroxylation sites is 2. The van der Waals surface area contributed by atoms with Crippen LogP contribution in [-0.4, -0.2) is 9.97 Å². The van der Waals surface area contributed by atoms with Crippen LogP contribution in [0.1, 0.15) is 52.9 Å². The molecular formula is C22H25N3O. The summed E-state index contributed by atoms with van der Waals surface area (Å²) in [6, 6.07) is 12.2. The molecule has 1 aliphatic heterocycles. The van der Waals surface area contributed by atoms with E-state index < -0.39 is 0 Å². The van der Waals surface area contributed by atoms with Gasteiger partial charge in [-0.25, -0.2) is 9.97 Å². The highest BCUT2D eigenvalue weighted by Crippen LogP contribution is 2.48. The van der Waals surface area contributed by atoms with Crippen LogP contribution < -0.4 is 10.1 Å². The molecule has 0 saturated heterocycles. The van der Waals surface area contributed by atoms with Crippen molar-refractivity contribution in [2.75, 3.05) is 5.32 Å². The Morgan fingerprint density at radius 2 is 1.58 bits per heavy atom. The number of pyridine rings is 2. The summed E-state index contributed by atoms with van der Waals surface area (Å²) in [5.41, 5.74) is 4.45. The Labute approximate surface area is 154 Å². The highest BCUT2D eigenvalue weighted by Gasteiger charge is 2.30. The minimum Gasteiger partial charge on any atom is -0.451 e. The third kappa shape index (κ3) is 2.70. The van der Waals surface area contributed by atoms with Gasteiger partial charge in [-0.05, 0) is 24.3 Å². The van der Waals surface area contributed by atoms with E-state index in [0.717, 1.165) is 45.3 Å². The van der Waals surface area contributed by atoms with Crippen LogP contribution in [0.5, 0.6) is 11.5 Å². The average molecular weight is 347 g/mol. The molecule has 0 fully saturated rings. The highest BCUT2D eigenvalue weighted by atomic mass is 16.5. The summed E-state index contributed by atoms with van der Waals surface area (Å²) in [6.45, 7) is 13.0. The Kier molecular flexibility index (Phi) is 3.52. The number of benzene rings is 1. The molecule has 3 aromatic rings. The molecule has 134 valence electrons. The standard InChI is InChI=1S/C22H25N3O/c1-21(2,3)16-12-11-13-17-18(19(22(4,5)6)25-20(13)24-16)26-15-10-8-7-9-14(15)23-17/h7-12,23H,1-6H3. The van der Waals surface area contributed by atoms with E-state index in [1.54, 1.807) is 0 Å². The number of fused-ring (bicyclic) bond motifs is 4. The number of nitrogens with one attached hydrogen (secondary N) is 1. The SMILES string of the molecule is CC(C)(C)c1ccc2c3c(c(C(C)(C)C)nc2n1)Oc1ccccc1N3. The van der Waals surface area contributed by atoms with Crippen molar-refractivity contribution in [2.45, 2.75) is 52.4 Å². The Bertz CT molecular complexity index is 1010. The summed E-state index contributed by atoms with van der Waals surface area (Å²) in [6.07, 6.45) is 0. The van der Waals surface area contributed by atoms with Gasteiger partial charge in [0.25, 0.3) is 0 Å². The van der Waals surface area contributed by atoms with E-state index in [1.165, 1.54) is 0 Å². The molecule has 2 aromatic heterocycles. The number of rotatable bonds is 0. The Balaban J connectivity index is 2.01. The minimum atomic E-state index is -0.161. The van der Waals surface area contributed by atoms with E-state index in [-0.39, 0.29) is 10.8 Å². The fourth-order valence-corrected chi connectivity index (χ4v) is 3.18. The molecule has 0 spiro atoms. The second-order valence-electron chi connectivity index (χ2n) is 8.96. The van der Waals surface area contributed by atoms with E-state index in [2.05, 4.69) is 59.0 Å². The molecule has 4 rings (SSSR count). The Morgan fingerprint density at radius 1 is 0.846 bits per heavy atom. The third-order valence-corrected chi connectivity index (χ3v) is 4.64.